The average Bonchev–Trinajstić information content (AvgIpc) is 3.34. The number of hydrogen-bond donors (Lipinski definition) is 0. The number of morpholine rings is 2. The topological polar surface area (TPSA) is 60.5 Å². The second kappa shape index (κ2) is 15.1. The lowest BCUT2D eigenvalue weighted by Gasteiger charge is -2.26. The van der Waals surface area contributed by atoms with Gasteiger partial charge in [-0.05, 0) is 73.2 Å². The summed E-state index contributed by atoms with van der Waals surface area (Å²) in [6, 6.07) is 16.1. The number of nitrogens with zero attached hydrogens (tertiary/aromatic N) is 2. The van der Waals surface area contributed by atoms with Gasteiger partial charge in [0, 0.05) is 50.4 Å². The predicted octanol–water partition coefficient (Wildman–Crippen LogP) is 4.72. The lowest BCUT2D eigenvalue weighted by molar-refractivity contribution is -0.111. The molecular weight excluding hydrogens is 504 g/mol. The molecule has 0 atom stereocenters. The standard InChI is InChI=1S/C33H42N2O5/c36-33-29(25-27-3-9-31(10-4-27)39-19-1-13-34-15-21-37-22-16-34)7-8-30(33)26-28-5-11-32(12-6-28)40-20-2-14-35-17-23-38-24-18-35/h3-6,9-12,25-26H,1-2,7-8,13-24H2/b29-25+,30-26+. The van der Waals surface area contributed by atoms with Crippen molar-refractivity contribution in [1.29, 1.82) is 0 Å². The number of carbonyl (C=O) groups excluding carboxylic acids is 1. The second-order valence-corrected chi connectivity index (χ2v) is 10.6. The Hall–Kier alpha value is -2.97. The first-order valence-corrected chi connectivity index (χ1v) is 14.7. The third-order valence-corrected chi connectivity index (χ3v) is 7.67. The molecule has 40 heavy (non-hydrogen) atoms. The Labute approximate surface area is 238 Å². The highest BCUT2D eigenvalue weighted by Gasteiger charge is 2.23. The van der Waals surface area contributed by atoms with Crippen LogP contribution in [0.3, 0.4) is 0 Å². The van der Waals surface area contributed by atoms with Crippen molar-refractivity contribution in [2.45, 2.75) is 25.7 Å². The van der Waals surface area contributed by atoms with Crippen molar-refractivity contribution in [1.82, 2.24) is 9.80 Å². The molecule has 7 heteroatoms. The molecule has 0 amide bonds. The van der Waals surface area contributed by atoms with Crippen molar-refractivity contribution < 1.29 is 23.7 Å². The summed E-state index contributed by atoms with van der Waals surface area (Å²) in [6.45, 7) is 10.8. The van der Waals surface area contributed by atoms with Gasteiger partial charge in [0.15, 0.2) is 5.78 Å². The fourth-order valence-electron chi connectivity index (χ4n) is 5.31. The van der Waals surface area contributed by atoms with E-state index in [0.717, 1.165) is 125 Å². The molecule has 2 saturated heterocycles. The van der Waals surface area contributed by atoms with Crippen LogP contribution in [0.1, 0.15) is 36.8 Å². The lowest BCUT2D eigenvalue weighted by atomic mass is 10.1. The van der Waals surface area contributed by atoms with E-state index in [1.165, 1.54) is 0 Å². The zero-order valence-electron chi connectivity index (χ0n) is 23.5. The van der Waals surface area contributed by atoms with Crippen LogP contribution in [0.2, 0.25) is 0 Å². The summed E-state index contributed by atoms with van der Waals surface area (Å²) < 4.78 is 22.6. The van der Waals surface area contributed by atoms with Crippen molar-refractivity contribution in [3.8, 4) is 11.5 Å². The van der Waals surface area contributed by atoms with Gasteiger partial charge in [0.05, 0.1) is 39.6 Å². The third-order valence-electron chi connectivity index (χ3n) is 7.67. The van der Waals surface area contributed by atoms with E-state index in [1.54, 1.807) is 0 Å². The average molecular weight is 547 g/mol. The highest BCUT2D eigenvalue weighted by Crippen LogP contribution is 2.30. The summed E-state index contributed by atoms with van der Waals surface area (Å²) >= 11 is 0. The largest absolute Gasteiger partial charge is 0.494 e. The zero-order valence-corrected chi connectivity index (χ0v) is 23.5. The summed E-state index contributed by atoms with van der Waals surface area (Å²) in [4.78, 5) is 17.9. The minimum absolute atomic E-state index is 0.145. The molecule has 0 unspecified atom stereocenters. The molecule has 214 valence electrons. The van der Waals surface area contributed by atoms with Crippen LogP contribution in [0.25, 0.3) is 12.2 Å². The van der Waals surface area contributed by atoms with Gasteiger partial charge in [-0.2, -0.15) is 0 Å². The van der Waals surface area contributed by atoms with Crippen molar-refractivity contribution >= 4 is 17.9 Å². The number of allylic oxidation sites excluding steroid dienone is 2. The zero-order chi connectivity index (χ0) is 27.4. The Morgan fingerprint density at radius 1 is 0.625 bits per heavy atom. The number of ether oxygens (including phenoxy) is 4. The van der Waals surface area contributed by atoms with Crippen LogP contribution in [0, 0.1) is 0 Å². The van der Waals surface area contributed by atoms with Gasteiger partial charge in [0.25, 0.3) is 0 Å². The predicted molar refractivity (Wildman–Crippen MR) is 158 cm³/mol. The van der Waals surface area contributed by atoms with Crippen molar-refractivity contribution in [2.24, 2.45) is 0 Å². The minimum Gasteiger partial charge on any atom is -0.494 e. The molecule has 1 saturated carbocycles. The van der Waals surface area contributed by atoms with Gasteiger partial charge in [-0.15, -0.1) is 0 Å². The Kier molecular flexibility index (Phi) is 10.8. The van der Waals surface area contributed by atoms with Crippen molar-refractivity contribution in [3.05, 3.63) is 70.8 Å². The third kappa shape index (κ3) is 8.77. The number of ketones is 1. The van der Waals surface area contributed by atoms with Crippen LogP contribution in [0.4, 0.5) is 0 Å². The first kappa shape index (κ1) is 28.6. The van der Waals surface area contributed by atoms with Gasteiger partial charge in [0.1, 0.15) is 11.5 Å². The van der Waals surface area contributed by atoms with E-state index in [1.807, 2.05) is 60.7 Å². The minimum atomic E-state index is 0.145. The molecule has 0 aromatic heterocycles. The van der Waals surface area contributed by atoms with Crippen LogP contribution in [0.15, 0.2) is 59.7 Å². The smallest absolute Gasteiger partial charge is 0.185 e. The normalized spacial score (nSPS) is 20.9. The summed E-state index contributed by atoms with van der Waals surface area (Å²) in [5.41, 5.74) is 3.79. The maximum absolute atomic E-state index is 13.0. The number of benzene rings is 2. The highest BCUT2D eigenvalue weighted by molar-refractivity contribution is 6.15. The molecule has 5 rings (SSSR count). The molecule has 3 fully saturated rings. The van der Waals surface area contributed by atoms with E-state index in [4.69, 9.17) is 18.9 Å². The van der Waals surface area contributed by atoms with Crippen molar-refractivity contribution in [2.75, 3.05) is 78.9 Å². The number of Topliss-reactive ketones (excluding diaryl/α,β-unsaturated/α-hetero) is 1. The quantitative estimate of drug-likeness (QED) is 0.282. The molecule has 1 aliphatic carbocycles. The first-order valence-electron chi connectivity index (χ1n) is 14.7. The molecule has 2 heterocycles. The van der Waals surface area contributed by atoms with Crippen LogP contribution in [0.5, 0.6) is 11.5 Å². The van der Waals surface area contributed by atoms with Gasteiger partial charge < -0.3 is 18.9 Å². The molecule has 0 N–H and O–H groups in total. The van der Waals surface area contributed by atoms with Gasteiger partial charge in [0.2, 0.25) is 0 Å². The van der Waals surface area contributed by atoms with Gasteiger partial charge in [-0.1, -0.05) is 24.3 Å². The van der Waals surface area contributed by atoms with Crippen LogP contribution >= 0.6 is 0 Å². The summed E-state index contributed by atoms with van der Waals surface area (Å²) in [7, 11) is 0. The molecule has 0 bridgehead atoms. The fraction of sp³-hybridized carbons (Fsp3) is 0.485. The van der Waals surface area contributed by atoms with Gasteiger partial charge in [-0.3, -0.25) is 14.6 Å². The van der Waals surface area contributed by atoms with E-state index in [-0.39, 0.29) is 5.78 Å². The Morgan fingerprint density at radius 3 is 1.43 bits per heavy atom. The van der Waals surface area contributed by atoms with E-state index in [0.29, 0.717) is 13.2 Å². The Bertz CT molecular complexity index is 1040. The molecule has 0 radical (unpaired) electrons. The van der Waals surface area contributed by atoms with E-state index in [9.17, 15) is 4.79 Å². The van der Waals surface area contributed by atoms with Gasteiger partial charge >= 0.3 is 0 Å². The SMILES string of the molecule is O=C1/C(=C/c2ccc(OCCCN3CCOCC3)cc2)CC/C1=C\c1ccc(OCCCN2CCOCC2)cc1. The van der Waals surface area contributed by atoms with Crippen LogP contribution in [-0.2, 0) is 14.3 Å². The van der Waals surface area contributed by atoms with E-state index < -0.39 is 0 Å². The second-order valence-electron chi connectivity index (χ2n) is 10.6. The highest BCUT2D eigenvalue weighted by atomic mass is 16.5. The molecule has 3 aliphatic rings. The van der Waals surface area contributed by atoms with E-state index >= 15 is 0 Å². The number of hydrogen-bond acceptors (Lipinski definition) is 7. The summed E-state index contributed by atoms with van der Waals surface area (Å²) in [6.07, 6.45) is 7.57. The molecule has 2 aliphatic heterocycles. The molecule has 2 aromatic rings. The Morgan fingerprint density at radius 2 is 1.02 bits per heavy atom. The van der Waals surface area contributed by atoms with Crippen LogP contribution in [-0.4, -0.2) is 94.5 Å². The molecule has 7 nitrogen and oxygen atoms in total. The number of carbonyl (C=O) groups is 1. The number of rotatable bonds is 12. The molecular formula is C33H42N2O5. The van der Waals surface area contributed by atoms with Crippen LogP contribution < -0.4 is 9.47 Å². The molecule has 0 spiro atoms. The first-order chi connectivity index (χ1) is 19.7. The maximum Gasteiger partial charge on any atom is 0.185 e. The Balaban J connectivity index is 1.05. The summed E-state index contributed by atoms with van der Waals surface area (Å²) in [5, 5.41) is 0. The lowest BCUT2D eigenvalue weighted by Crippen LogP contribution is -2.37. The fourth-order valence-corrected chi connectivity index (χ4v) is 5.31. The molecule has 2 aromatic carbocycles. The maximum atomic E-state index is 13.0. The van der Waals surface area contributed by atoms with E-state index in [2.05, 4.69) is 9.80 Å². The monoisotopic (exact) mass is 546 g/mol. The van der Waals surface area contributed by atoms with Gasteiger partial charge in [-0.25, -0.2) is 0 Å². The summed E-state index contributed by atoms with van der Waals surface area (Å²) in [5.74, 6) is 1.88. The van der Waals surface area contributed by atoms with Crippen molar-refractivity contribution in [3.63, 3.8) is 0 Å².